The van der Waals surface area contributed by atoms with Crippen molar-refractivity contribution >= 4 is 0 Å². The van der Waals surface area contributed by atoms with Gasteiger partial charge in [0.05, 0.1) is 0 Å². The lowest BCUT2D eigenvalue weighted by molar-refractivity contribution is 0.201. The largest absolute Gasteiger partial charge is 0.508 e. The van der Waals surface area contributed by atoms with E-state index in [0.29, 0.717) is 17.4 Å². The van der Waals surface area contributed by atoms with Gasteiger partial charge in [-0.3, -0.25) is 0 Å². The molecule has 2 fully saturated rings. The number of nitrogens with zero attached hydrogens (tertiary/aromatic N) is 1. The Morgan fingerprint density at radius 2 is 1.74 bits per heavy atom. The van der Waals surface area contributed by atoms with E-state index >= 15 is 0 Å². The van der Waals surface area contributed by atoms with Gasteiger partial charge in [0.15, 0.2) is 0 Å². The van der Waals surface area contributed by atoms with E-state index in [9.17, 15) is 10.2 Å². The van der Waals surface area contributed by atoms with Crippen LogP contribution in [0.25, 0.3) is 0 Å². The van der Waals surface area contributed by atoms with Gasteiger partial charge in [0.25, 0.3) is 0 Å². The predicted molar refractivity (Wildman–Crippen MR) is 145 cm³/mol. The standard InChI is InChI=1S/C16H23NO.C15H23NO/c1-16-8-4-2-3-5-12(15(16)17)9-11-6-7-13(18)10-14(11)16;1-3-15(9-4-5-10-16(2)12-15)13-7-6-8-14(17)11-13/h6-7,10,12,15,18H,2-5,8-9,17H2,1H3;6-8,11,17H,3-5,9-10,12H2,1-2H3/t12-,15-,16+;/m0./s1. The highest BCUT2D eigenvalue weighted by Gasteiger charge is 2.43. The number of fused-ring (bicyclic) bond motifs is 4. The molecule has 4 nitrogen and oxygen atoms in total. The fraction of sp³-hybridized carbons (Fsp3) is 0.613. The molecule has 1 saturated heterocycles. The molecule has 192 valence electrons. The summed E-state index contributed by atoms with van der Waals surface area (Å²) in [5, 5.41) is 19.4. The number of nitrogens with two attached hydrogens (primary N) is 1. The first-order valence-electron chi connectivity index (χ1n) is 13.8. The number of hydrogen-bond acceptors (Lipinski definition) is 4. The molecule has 4 atom stereocenters. The Labute approximate surface area is 212 Å². The van der Waals surface area contributed by atoms with Gasteiger partial charge in [-0.2, -0.15) is 0 Å². The van der Waals surface area contributed by atoms with Crippen LogP contribution in [0.3, 0.4) is 0 Å². The number of benzene rings is 2. The SMILES string of the molecule is CCC1(c2cccc(O)c2)CCCCN(C)C1.C[C@@]12CCCCC[C@@H](Cc3ccc(O)cc31)[C@@H]2N. The summed E-state index contributed by atoms with van der Waals surface area (Å²) in [7, 11) is 2.21. The normalized spacial score (nSPS) is 31.2. The van der Waals surface area contributed by atoms with Gasteiger partial charge in [0, 0.05) is 23.4 Å². The van der Waals surface area contributed by atoms with Crippen LogP contribution >= 0.6 is 0 Å². The van der Waals surface area contributed by atoms with Crippen molar-refractivity contribution in [2.24, 2.45) is 11.7 Å². The fourth-order valence-corrected chi connectivity index (χ4v) is 7.13. The topological polar surface area (TPSA) is 69.7 Å². The number of phenolic OH excluding ortho intramolecular Hbond substituents is 2. The minimum absolute atomic E-state index is 0.0530. The van der Waals surface area contributed by atoms with Gasteiger partial charge in [-0.1, -0.05) is 57.7 Å². The zero-order chi connectivity index (χ0) is 25.1. The Morgan fingerprint density at radius 3 is 2.51 bits per heavy atom. The van der Waals surface area contributed by atoms with Crippen LogP contribution in [-0.4, -0.2) is 41.3 Å². The summed E-state index contributed by atoms with van der Waals surface area (Å²) >= 11 is 0. The first-order chi connectivity index (χ1) is 16.8. The molecule has 4 heteroatoms. The van der Waals surface area contributed by atoms with E-state index in [1.165, 1.54) is 68.2 Å². The molecule has 35 heavy (non-hydrogen) atoms. The van der Waals surface area contributed by atoms with Crippen molar-refractivity contribution in [3.8, 4) is 11.5 Å². The van der Waals surface area contributed by atoms with Crippen LogP contribution < -0.4 is 5.73 Å². The average molecular weight is 479 g/mol. The van der Waals surface area contributed by atoms with Gasteiger partial charge in [0.1, 0.15) is 11.5 Å². The molecule has 0 aromatic heterocycles. The van der Waals surface area contributed by atoms with Gasteiger partial charge < -0.3 is 20.8 Å². The molecule has 2 aromatic rings. The van der Waals surface area contributed by atoms with E-state index in [-0.39, 0.29) is 16.9 Å². The van der Waals surface area contributed by atoms with Gasteiger partial charge in [-0.15, -0.1) is 0 Å². The molecule has 0 spiro atoms. The monoisotopic (exact) mass is 478 g/mol. The lowest BCUT2D eigenvalue weighted by Gasteiger charge is -2.47. The van der Waals surface area contributed by atoms with Crippen LogP contribution in [-0.2, 0) is 17.3 Å². The van der Waals surface area contributed by atoms with Crippen molar-refractivity contribution in [3.05, 3.63) is 59.2 Å². The van der Waals surface area contributed by atoms with Crippen LogP contribution in [0, 0.1) is 5.92 Å². The molecule has 2 aliphatic carbocycles. The number of rotatable bonds is 2. The highest BCUT2D eigenvalue weighted by molar-refractivity contribution is 5.44. The van der Waals surface area contributed by atoms with Gasteiger partial charge in [0.2, 0.25) is 0 Å². The molecule has 5 rings (SSSR count). The molecule has 1 heterocycles. The third-order valence-electron chi connectivity index (χ3n) is 9.36. The van der Waals surface area contributed by atoms with Crippen molar-refractivity contribution in [2.75, 3.05) is 20.1 Å². The summed E-state index contributed by atoms with van der Waals surface area (Å²) in [4.78, 5) is 2.43. The second-order valence-corrected chi connectivity index (χ2v) is 11.7. The molecular formula is C31H46N2O2. The Hall–Kier alpha value is -2.04. The number of likely N-dealkylation sites (N-methyl/N-ethyl adjacent to an activating group) is 1. The highest BCUT2D eigenvalue weighted by atomic mass is 16.3. The molecular weight excluding hydrogens is 432 g/mol. The molecule has 0 radical (unpaired) electrons. The number of hydrogen-bond donors (Lipinski definition) is 3. The fourth-order valence-electron chi connectivity index (χ4n) is 7.13. The minimum Gasteiger partial charge on any atom is -0.508 e. The van der Waals surface area contributed by atoms with Crippen LogP contribution in [0.2, 0.25) is 0 Å². The zero-order valence-electron chi connectivity index (χ0n) is 22.1. The first-order valence-corrected chi connectivity index (χ1v) is 13.8. The van der Waals surface area contributed by atoms with Crippen molar-refractivity contribution in [1.29, 1.82) is 0 Å². The average Bonchev–Trinajstić information content (AvgIpc) is 3.04. The third kappa shape index (κ3) is 5.54. The Morgan fingerprint density at radius 1 is 0.971 bits per heavy atom. The van der Waals surface area contributed by atoms with E-state index in [1.54, 1.807) is 6.07 Å². The Bertz CT molecular complexity index is 992. The first kappa shape index (κ1) is 26.0. The third-order valence-corrected chi connectivity index (χ3v) is 9.36. The number of phenols is 2. The lowest BCUT2D eigenvalue weighted by Crippen LogP contribution is -2.52. The van der Waals surface area contributed by atoms with Crippen molar-refractivity contribution in [3.63, 3.8) is 0 Å². The van der Waals surface area contributed by atoms with Crippen LogP contribution in [0.4, 0.5) is 0 Å². The molecule has 1 unspecified atom stereocenters. The van der Waals surface area contributed by atoms with E-state index in [2.05, 4.69) is 37.9 Å². The molecule has 1 aliphatic heterocycles. The van der Waals surface area contributed by atoms with Gasteiger partial charge in [-0.05, 0) is 99.0 Å². The minimum atomic E-state index is 0.0530. The summed E-state index contributed by atoms with van der Waals surface area (Å²) in [5.74, 6) is 1.39. The molecule has 2 bridgehead atoms. The highest BCUT2D eigenvalue weighted by Crippen LogP contribution is 2.46. The molecule has 0 amide bonds. The smallest absolute Gasteiger partial charge is 0.115 e. The predicted octanol–water partition coefficient (Wildman–Crippen LogP) is 6.27. The maximum absolute atomic E-state index is 9.77. The van der Waals surface area contributed by atoms with Crippen LogP contribution in [0.5, 0.6) is 11.5 Å². The summed E-state index contributed by atoms with van der Waals surface area (Å²) in [5.41, 5.74) is 10.9. The Balaban J connectivity index is 0.000000165. The lowest BCUT2D eigenvalue weighted by atomic mass is 9.60. The van der Waals surface area contributed by atoms with Gasteiger partial charge >= 0.3 is 0 Å². The van der Waals surface area contributed by atoms with Crippen molar-refractivity contribution < 1.29 is 10.2 Å². The number of aromatic hydroxyl groups is 2. The summed E-state index contributed by atoms with van der Waals surface area (Å²) in [6.45, 7) is 6.87. The quantitative estimate of drug-likeness (QED) is 0.476. The van der Waals surface area contributed by atoms with E-state index in [0.717, 1.165) is 25.8 Å². The number of likely N-dealkylation sites (tertiary alicyclic amines) is 1. The van der Waals surface area contributed by atoms with Crippen molar-refractivity contribution in [2.45, 2.75) is 94.9 Å². The Kier molecular flexibility index (Phi) is 8.12. The summed E-state index contributed by atoms with van der Waals surface area (Å²) in [6, 6.07) is 14.0. The van der Waals surface area contributed by atoms with Gasteiger partial charge in [-0.25, -0.2) is 0 Å². The summed E-state index contributed by atoms with van der Waals surface area (Å²) in [6.07, 6.45) is 12.4. The van der Waals surface area contributed by atoms with Crippen molar-refractivity contribution in [1.82, 2.24) is 4.90 Å². The van der Waals surface area contributed by atoms with E-state index in [4.69, 9.17) is 5.73 Å². The zero-order valence-corrected chi connectivity index (χ0v) is 22.1. The van der Waals surface area contributed by atoms with Crippen LogP contribution in [0.15, 0.2) is 42.5 Å². The maximum atomic E-state index is 9.77. The molecule has 2 aromatic carbocycles. The van der Waals surface area contributed by atoms with E-state index in [1.807, 2.05) is 24.3 Å². The second kappa shape index (κ2) is 10.9. The molecule has 1 saturated carbocycles. The van der Waals surface area contributed by atoms with E-state index < -0.39 is 0 Å². The van der Waals surface area contributed by atoms with Crippen LogP contribution in [0.1, 0.15) is 88.3 Å². The summed E-state index contributed by atoms with van der Waals surface area (Å²) < 4.78 is 0. The molecule has 3 aliphatic rings. The second-order valence-electron chi connectivity index (χ2n) is 11.7. The maximum Gasteiger partial charge on any atom is 0.115 e. The molecule has 4 N–H and O–H groups in total.